The van der Waals surface area contributed by atoms with E-state index in [-0.39, 0.29) is 23.5 Å². The molecule has 0 atom stereocenters. The number of carbonyl (C=O) groups is 1. The average molecular weight is 378 g/mol. The van der Waals surface area contributed by atoms with Gasteiger partial charge in [0.05, 0.1) is 16.2 Å². The molecule has 2 aromatic rings. The molecule has 1 saturated carbocycles. The summed E-state index contributed by atoms with van der Waals surface area (Å²) in [7, 11) is 0. The molecule has 8 heteroatoms. The Morgan fingerprint density at radius 2 is 2.12 bits per heavy atom. The van der Waals surface area contributed by atoms with E-state index >= 15 is 0 Å². The highest BCUT2D eigenvalue weighted by Crippen LogP contribution is 2.40. The second-order valence-corrected chi connectivity index (χ2v) is 7.05. The Hall–Kier alpha value is -2.38. The molecule has 2 fully saturated rings. The number of anilines is 1. The fourth-order valence-electron chi connectivity index (χ4n) is 3.37. The Kier molecular flexibility index (Phi) is 4.00. The first kappa shape index (κ1) is 17.1. The molecule has 0 bridgehead atoms. The van der Waals surface area contributed by atoms with Crippen molar-refractivity contribution in [1.29, 1.82) is 0 Å². The molecule has 4 rings (SSSR count). The number of hydrogen-bond acceptors (Lipinski definition) is 4. The molecule has 0 spiro atoms. The quantitative estimate of drug-likeness (QED) is 0.855. The fraction of sp³-hybridized carbons (Fsp3) is 0.333. The van der Waals surface area contributed by atoms with Crippen LogP contribution in [0.5, 0.6) is 0 Å². The van der Waals surface area contributed by atoms with Crippen LogP contribution in [0.15, 0.2) is 33.9 Å². The lowest BCUT2D eigenvalue weighted by molar-refractivity contribution is 0.0695. The highest BCUT2D eigenvalue weighted by Gasteiger charge is 2.30. The molecular formula is C18H17ClFN3O3. The molecule has 2 aliphatic rings. The molecule has 0 unspecified atom stereocenters. The molecule has 1 saturated heterocycles. The van der Waals surface area contributed by atoms with E-state index in [1.165, 1.54) is 6.20 Å². The Morgan fingerprint density at radius 1 is 1.38 bits per heavy atom. The molecule has 26 heavy (non-hydrogen) atoms. The van der Waals surface area contributed by atoms with E-state index < -0.39 is 17.2 Å². The van der Waals surface area contributed by atoms with Crippen molar-refractivity contribution in [3.05, 3.63) is 50.7 Å². The zero-order valence-electron chi connectivity index (χ0n) is 13.8. The van der Waals surface area contributed by atoms with E-state index in [4.69, 9.17) is 17.3 Å². The number of carboxylic acids is 1. The van der Waals surface area contributed by atoms with Gasteiger partial charge < -0.3 is 20.3 Å². The lowest BCUT2D eigenvalue weighted by Gasteiger charge is -2.37. The average Bonchev–Trinajstić information content (AvgIpc) is 3.40. The van der Waals surface area contributed by atoms with Crippen molar-refractivity contribution < 1.29 is 14.3 Å². The minimum absolute atomic E-state index is 0.0778. The van der Waals surface area contributed by atoms with Gasteiger partial charge in [0.25, 0.3) is 0 Å². The molecular weight excluding hydrogens is 361 g/mol. The van der Waals surface area contributed by atoms with Crippen molar-refractivity contribution in [2.24, 2.45) is 5.73 Å². The second-order valence-electron chi connectivity index (χ2n) is 6.59. The summed E-state index contributed by atoms with van der Waals surface area (Å²) in [6, 6.07) is 2.87. The second kappa shape index (κ2) is 6.10. The van der Waals surface area contributed by atoms with Crippen molar-refractivity contribution in [3.8, 4) is 0 Å². The third-order valence-corrected chi connectivity index (χ3v) is 5.33. The van der Waals surface area contributed by atoms with E-state index in [0.717, 1.165) is 24.6 Å². The summed E-state index contributed by atoms with van der Waals surface area (Å²) in [5, 5.41) is 9.85. The Bertz CT molecular complexity index is 1030. The van der Waals surface area contributed by atoms with Crippen molar-refractivity contribution in [1.82, 2.24) is 4.57 Å². The third kappa shape index (κ3) is 2.59. The molecule has 1 aliphatic carbocycles. The van der Waals surface area contributed by atoms with Crippen LogP contribution in [0.2, 0.25) is 0 Å². The summed E-state index contributed by atoms with van der Waals surface area (Å²) >= 11 is 6.12. The summed E-state index contributed by atoms with van der Waals surface area (Å²) in [6.07, 6.45) is 3.88. The Balaban J connectivity index is 1.95. The normalized spacial score (nSPS) is 18.8. The van der Waals surface area contributed by atoms with Gasteiger partial charge in [-0.25, -0.2) is 9.18 Å². The number of pyridine rings is 1. The topological polar surface area (TPSA) is 88.6 Å². The number of aromatic nitrogens is 1. The van der Waals surface area contributed by atoms with Gasteiger partial charge in [0.2, 0.25) is 5.43 Å². The van der Waals surface area contributed by atoms with Crippen LogP contribution >= 0.6 is 11.6 Å². The first-order valence-corrected chi connectivity index (χ1v) is 8.77. The smallest absolute Gasteiger partial charge is 0.341 e. The van der Waals surface area contributed by atoms with Gasteiger partial charge in [0.15, 0.2) is 0 Å². The lowest BCUT2D eigenvalue weighted by Crippen LogP contribution is -2.37. The molecule has 6 nitrogen and oxygen atoms in total. The van der Waals surface area contributed by atoms with Crippen molar-refractivity contribution in [3.63, 3.8) is 0 Å². The zero-order valence-corrected chi connectivity index (χ0v) is 14.6. The standard InChI is InChI=1S/C18H17ClFN3O3/c19-12(7-21)14-3-4-22(14)16-6-15-10(5-13(16)20)17(24)11(18(25)26)8-23(15)9-1-2-9/h5-6,8-9H,1-4,7,21H2,(H,25,26). The van der Waals surface area contributed by atoms with Gasteiger partial charge in [-0.3, -0.25) is 4.79 Å². The number of fused-ring (bicyclic) bond motifs is 1. The monoisotopic (exact) mass is 377 g/mol. The number of rotatable bonds is 4. The van der Waals surface area contributed by atoms with E-state index in [1.807, 2.05) is 0 Å². The summed E-state index contributed by atoms with van der Waals surface area (Å²) in [6.45, 7) is 0.784. The minimum atomic E-state index is -1.31. The predicted molar refractivity (Wildman–Crippen MR) is 97.3 cm³/mol. The SMILES string of the molecule is NCC(Cl)=C1CCN1c1cc2c(cc1F)c(=O)c(C(=O)O)cn2C1CC1. The van der Waals surface area contributed by atoms with E-state index in [2.05, 4.69) is 0 Å². The molecule has 0 radical (unpaired) electrons. The van der Waals surface area contributed by atoms with Crippen LogP contribution in [0.4, 0.5) is 10.1 Å². The van der Waals surface area contributed by atoms with Gasteiger partial charge in [-0.1, -0.05) is 11.6 Å². The maximum Gasteiger partial charge on any atom is 0.341 e. The number of nitrogens with two attached hydrogens (primary N) is 1. The van der Waals surface area contributed by atoms with Crippen molar-refractivity contribution in [2.75, 3.05) is 18.0 Å². The van der Waals surface area contributed by atoms with Crippen LogP contribution in [-0.2, 0) is 0 Å². The largest absolute Gasteiger partial charge is 0.477 e. The highest BCUT2D eigenvalue weighted by atomic mass is 35.5. The highest BCUT2D eigenvalue weighted by molar-refractivity contribution is 6.30. The summed E-state index contributed by atoms with van der Waals surface area (Å²) in [5.74, 6) is -1.89. The van der Waals surface area contributed by atoms with Crippen molar-refractivity contribution in [2.45, 2.75) is 25.3 Å². The van der Waals surface area contributed by atoms with Crippen LogP contribution in [0.3, 0.4) is 0 Å². The van der Waals surface area contributed by atoms with Crippen molar-refractivity contribution >= 4 is 34.2 Å². The number of hydrogen-bond donors (Lipinski definition) is 2. The lowest BCUT2D eigenvalue weighted by atomic mass is 10.0. The number of benzene rings is 1. The zero-order chi connectivity index (χ0) is 18.6. The predicted octanol–water partition coefficient (Wildman–Crippen LogP) is 2.79. The molecule has 1 aromatic carbocycles. The maximum atomic E-state index is 14.8. The molecule has 1 aromatic heterocycles. The maximum absolute atomic E-state index is 14.8. The molecule has 1 aliphatic heterocycles. The molecule has 0 amide bonds. The van der Waals surface area contributed by atoms with Gasteiger partial charge in [0, 0.05) is 42.8 Å². The van der Waals surface area contributed by atoms with E-state index in [9.17, 15) is 19.1 Å². The number of nitrogens with zero attached hydrogens (tertiary/aromatic N) is 2. The van der Waals surface area contributed by atoms with Crippen LogP contribution in [0.1, 0.15) is 35.7 Å². The van der Waals surface area contributed by atoms with Crippen LogP contribution in [0, 0.1) is 5.82 Å². The van der Waals surface area contributed by atoms with Crippen LogP contribution in [-0.4, -0.2) is 28.7 Å². The third-order valence-electron chi connectivity index (χ3n) is 4.95. The summed E-state index contributed by atoms with van der Waals surface area (Å²) < 4.78 is 16.5. The fourth-order valence-corrected chi connectivity index (χ4v) is 3.57. The number of halogens is 2. The van der Waals surface area contributed by atoms with Crippen LogP contribution in [0.25, 0.3) is 10.9 Å². The first-order chi connectivity index (χ1) is 12.4. The van der Waals surface area contributed by atoms with Crippen LogP contribution < -0.4 is 16.1 Å². The molecule has 2 heterocycles. The number of carboxylic acid groups (broad SMARTS) is 1. The summed E-state index contributed by atoms with van der Waals surface area (Å²) in [5.41, 5.74) is 6.20. The van der Waals surface area contributed by atoms with Gasteiger partial charge in [-0.15, -0.1) is 0 Å². The Labute approximate surface area is 153 Å². The molecule has 136 valence electrons. The van der Waals surface area contributed by atoms with Gasteiger partial charge in [-0.2, -0.15) is 0 Å². The minimum Gasteiger partial charge on any atom is -0.477 e. The summed E-state index contributed by atoms with van der Waals surface area (Å²) in [4.78, 5) is 25.6. The first-order valence-electron chi connectivity index (χ1n) is 8.39. The number of aromatic carboxylic acids is 1. The van der Waals surface area contributed by atoms with E-state index in [0.29, 0.717) is 29.2 Å². The molecule has 3 N–H and O–H groups in total. The van der Waals surface area contributed by atoms with E-state index in [1.54, 1.807) is 15.5 Å². The van der Waals surface area contributed by atoms with Gasteiger partial charge >= 0.3 is 5.97 Å². The van der Waals surface area contributed by atoms with Gasteiger partial charge in [-0.05, 0) is 25.0 Å². The Morgan fingerprint density at radius 3 is 2.65 bits per heavy atom. The van der Waals surface area contributed by atoms with Gasteiger partial charge in [0.1, 0.15) is 11.4 Å².